The molecular weight excluding hydrogens is 452 g/mol. The third kappa shape index (κ3) is 10.9. The standard InChI is InChI=1S/C21H38N4O7S/c1-6-11(3)16(24-18(28)13(22)10-15(26)27)20(30)23-14(8-9-33-5)19(29)25-17(21(31)32)12(4)7-2/h11-14,16-17H,6-10,22H2,1-5H3,(H,23,30)(H,24,28)(H,25,29)(H,26,27)(H,31,32). The predicted octanol–water partition coefficient (Wildman–Crippen LogP) is 0.173. The van der Waals surface area contributed by atoms with Crippen LogP contribution in [0.3, 0.4) is 0 Å². The van der Waals surface area contributed by atoms with Gasteiger partial charge in [0.1, 0.15) is 18.1 Å². The van der Waals surface area contributed by atoms with E-state index in [0.717, 1.165) is 0 Å². The second kappa shape index (κ2) is 15.5. The Morgan fingerprint density at radius 3 is 1.82 bits per heavy atom. The van der Waals surface area contributed by atoms with Gasteiger partial charge in [-0.15, -0.1) is 0 Å². The van der Waals surface area contributed by atoms with Crippen molar-refractivity contribution < 1.29 is 34.2 Å². The molecule has 12 heteroatoms. The van der Waals surface area contributed by atoms with E-state index in [1.165, 1.54) is 11.8 Å². The lowest BCUT2D eigenvalue weighted by molar-refractivity contribution is -0.144. The molecule has 7 N–H and O–H groups in total. The second-order valence-corrected chi connectivity index (χ2v) is 9.11. The maximum Gasteiger partial charge on any atom is 0.326 e. The number of carbonyl (C=O) groups is 5. The van der Waals surface area contributed by atoms with E-state index in [1.807, 2.05) is 20.1 Å². The zero-order chi connectivity index (χ0) is 25.7. The van der Waals surface area contributed by atoms with E-state index in [1.54, 1.807) is 13.8 Å². The van der Waals surface area contributed by atoms with Gasteiger partial charge in [0, 0.05) is 0 Å². The van der Waals surface area contributed by atoms with E-state index in [2.05, 4.69) is 16.0 Å². The summed E-state index contributed by atoms with van der Waals surface area (Å²) in [5.74, 6) is -4.56. The van der Waals surface area contributed by atoms with E-state index < -0.39 is 60.2 Å². The first-order chi connectivity index (χ1) is 15.4. The van der Waals surface area contributed by atoms with Crippen molar-refractivity contribution in [1.82, 2.24) is 16.0 Å². The summed E-state index contributed by atoms with van der Waals surface area (Å²) in [6, 6.07) is -4.48. The molecule has 0 aliphatic rings. The normalized spacial score (nSPS) is 16.4. The van der Waals surface area contributed by atoms with Gasteiger partial charge in [0.05, 0.1) is 12.5 Å². The Balaban J connectivity index is 5.56. The third-order valence-corrected chi connectivity index (χ3v) is 6.19. The molecular formula is C21H38N4O7S. The van der Waals surface area contributed by atoms with Crippen molar-refractivity contribution in [3.63, 3.8) is 0 Å². The Labute approximate surface area is 199 Å². The summed E-state index contributed by atoms with van der Waals surface area (Å²) in [7, 11) is 0. The number of carboxylic acids is 2. The molecule has 190 valence electrons. The van der Waals surface area contributed by atoms with Crippen LogP contribution in [0.4, 0.5) is 0 Å². The number of hydrogen-bond acceptors (Lipinski definition) is 7. The summed E-state index contributed by atoms with van der Waals surface area (Å²) in [5, 5.41) is 25.9. The van der Waals surface area contributed by atoms with Gasteiger partial charge in [-0.05, 0) is 30.3 Å². The van der Waals surface area contributed by atoms with Crippen molar-refractivity contribution >= 4 is 41.4 Å². The third-order valence-electron chi connectivity index (χ3n) is 5.54. The molecule has 0 aromatic heterocycles. The van der Waals surface area contributed by atoms with Crippen molar-refractivity contribution in [2.45, 2.75) is 77.5 Å². The Hall–Kier alpha value is -2.34. The molecule has 0 aliphatic carbocycles. The highest BCUT2D eigenvalue weighted by molar-refractivity contribution is 7.98. The molecule has 0 radical (unpaired) electrons. The summed E-state index contributed by atoms with van der Waals surface area (Å²) >= 11 is 1.46. The summed E-state index contributed by atoms with van der Waals surface area (Å²) in [4.78, 5) is 60.6. The van der Waals surface area contributed by atoms with Gasteiger partial charge < -0.3 is 31.9 Å². The number of nitrogens with two attached hydrogens (primary N) is 1. The lowest BCUT2D eigenvalue weighted by atomic mass is 9.96. The average Bonchev–Trinajstić information content (AvgIpc) is 2.76. The highest BCUT2D eigenvalue weighted by atomic mass is 32.2. The van der Waals surface area contributed by atoms with Crippen molar-refractivity contribution in [1.29, 1.82) is 0 Å². The molecule has 6 unspecified atom stereocenters. The quantitative estimate of drug-likeness (QED) is 0.175. The van der Waals surface area contributed by atoms with Gasteiger partial charge in [0.25, 0.3) is 0 Å². The van der Waals surface area contributed by atoms with Gasteiger partial charge in [-0.3, -0.25) is 19.2 Å². The van der Waals surface area contributed by atoms with Crippen molar-refractivity contribution in [2.75, 3.05) is 12.0 Å². The van der Waals surface area contributed by atoms with Gasteiger partial charge in [-0.25, -0.2) is 4.79 Å². The number of amides is 3. The molecule has 0 aromatic rings. The minimum Gasteiger partial charge on any atom is -0.481 e. The average molecular weight is 491 g/mol. The molecule has 0 aliphatic heterocycles. The van der Waals surface area contributed by atoms with E-state index in [0.29, 0.717) is 18.6 Å². The topological polar surface area (TPSA) is 188 Å². The fourth-order valence-electron chi connectivity index (χ4n) is 2.95. The summed E-state index contributed by atoms with van der Waals surface area (Å²) < 4.78 is 0. The molecule has 0 saturated heterocycles. The first-order valence-electron chi connectivity index (χ1n) is 11.0. The van der Waals surface area contributed by atoms with E-state index >= 15 is 0 Å². The number of nitrogens with one attached hydrogen (secondary N) is 3. The lowest BCUT2D eigenvalue weighted by Gasteiger charge is -2.28. The molecule has 33 heavy (non-hydrogen) atoms. The van der Waals surface area contributed by atoms with Crippen molar-refractivity contribution in [2.24, 2.45) is 17.6 Å². The van der Waals surface area contributed by atoms with Crippen molar-refractivity contribution in [3.05, 3.63) is 0 Å². The smallest absolute Gasteiger partial charge is 0.326 e. The molecule has 0 aromatic carbocycles. The molecule has 0 spiro atoms. The number of aliphatic carboxylic acids is 2. The second-order valence-electron chi connectivity index (χ2n) is 8.13. The molecule has 11 nitrogen and oxygen atoms in total. The highest BCUT2D eigenvalue weighted by Gasteiger charge is 2.33. The van der Waals surface area contributed by atoms with E-state index in [-0.39, 0.29) is 18.3 Å². The maximum absolute atomic E-state index is 13.0. The van der Waals surface area contributed by atoms with Crippen LogP contribution in [0.25, 0.3) is 0 Å². The first kappa shape index (κ1) is 30.7. The van der Waals surface area contributed by atoms with Crippen LogP contribution in [0.2, 0.25) is 0 Å². The SMILES string of the molecule is CCC(C)C(NC(=O)C(CCSC)NC(=O)C(NC(=O)C(N)CC(=O)O)C(C)CC)C(=O)O. The van der Waals surface area contributed by atoms with Crippen LogP contribution in [-0.4, -0.2) is 76.0 Å². The Morgan fingerprint density at radius 1 is 0.848 bits per heavy atom. The minimum absolute atomic E-state index is 0.255. The summed E-state index contributed by atoms with van der Waals surface area (Å²) in [6.07, 6.45) is 2.56. The molecule has 0 saturated carbocycles. The number of carboxylic acid groups (broad SMARTS) is 2. The van der Waals surface area contributed by atoms with Crippen molar-refractivity contribution in [3.8, 4) is 0 Å². The van der Waals surface area contributed by atoms with Gasteiger partial charge in [-0.2, -0.15) is 11.8 Å². The Morgan fingerprint density at radius 2 is 1.36 bits per heavy atom. The van der Waals surface area contributed by atoms with Crippen LogP contribution in [0.5, 0.6) is 0 Å². The number of thioether (sulfide) groups is 1. The maximum atomic E-state index is 13.0. The van der Waals surface area contributed by atoms with E-state index in [4.69, 9.17) is 10.8 Å². The summed E-state index contributed by atoms with van der Waals surface area (Å²) in [5.41, 5.74) is 5.60. The fourth-order valence-corrected chi connectivity index (χ4v) is 3.42. The van der Waals surface area contributed by atoms with Gasteiger partial charge >= 0.3 is 11.9 Å². The monoisotopic (exact) mass is 490 g/mol. The number of rotatable bonds is 16. The number of hydrogen-bond donors (Lipinski definition) is 6. The molecule has 0 rings (SSSR count). The molecule has 3 amide bonds. The first-order valence-corrected chi connectivity index (χ1v) is 12.4. The Bertz CT molecular complexity index is 692. The zero-order valence-electron chi connectivity index (χ0n) is 19.9. The van der Waals surface area contributed by atoms with Crippen LogP contribution in [-0.2, 0) is 24.0 Å². The fraction of sp³-hybridized carbons (Fsp3) is 0.762. The molecule has 6 atom stereocenters. The molecule has 0 fully saturated rings. The Kier molecular flexibility index (Phi) is 14.4. The molecule has 0 heterocycles. The van der Waals surface area contributed by atoms with Gasteiger partial charge in [0.15, 0.2) is 0 Å². The van der Waals surface area contributed by atoms with Crippen LogP contribution < -0.4 is 21.7 Å². The summed E-state index contributed by atoms with van der Waals surface area (Å²) in [6.45, 7) is 7.07. The van der Waals surface area contributed by atoms with Crippen LogP contribution in [0, 0.1) is 11.8 Å². The highest BCUT2D eigenvalue weighted by Crippen LogP contribution is 2.12. The van der Waals surface area contributed by atoms with Gasteiger partial charge in [-0.1, -0.05) is 40.5 Å². The van der Waals surface area contributed by atoms with Crippen LogP contribution in [0.1, 0.15) is 53.4 Å². The molecule has 0 bridgehead atoms. The minimum atomic E-state index is -1.33. The van der Waals surface area contributed by atoms with Crippen LogP contribution in [0.15, 0.2) is 0 Å². The largest absolute Gasteiger partial charge is 0.481 e. The lowest BCUT2D eigenvalue weighted by Crippen LogP contribution is -2.59. The van der Waals surface area contributed by atoms with Crippen LogP contribution >= 0.6 is 11.8 Å². The predicted molar refractivity (Wildman–Crippen MR) is 126 cm³/mol. The van der Waals surface area contributed by atoms with E-state index in [9.17, 15) is 29.1 Å². The number of carbonyl (C=O) groups excluding carboxylic acids is 3. The van der Waals surface area contributed by atoms with Gasteiger partial charge in [0.2, 0.25) is 17.7 Å². The zero-order valence-corrected chi connectivity index (χ0v) is 20.7.